The Morgan fingerprint density at radius 3 is 2.76 bits per heavy atom. The Morgan fingerprint density at radius 1 is 1.59 bits per heavy atom. The maximum atomic E-state index is 11.9. The van der Waals surface area contributed by atoms with Crippen LogP contribution in [0.25, 0.3) is 0 Å². The van der Waals surface area contributed by atoms with Gasteiger partial charge in [0.25, 0.3) is 0 Å². The summed E-state index contributed by atoms with van der Waals surface area (Å²) in [6, 6.07) is 0. The van der Waals surface area contributed by atoms with Gasteiger partial charge in [0, 0.05) is 6.54 Å². The lowest BCUT2D eigenvalue weighted by Gasteiger charge is -2.24. The first-order valence-electron chi connectivity index (χ1n) is 5.74. The molecule has 1 unspecified atom stereocenters. The first-order valence-corrected chi connectivity index (χ1v) is 5.74. The number of aromatic amines is 1. The van der Waals surface area contributed by atoms with Gasteiger partial charge in [-0.1, -0.05) is 20.8 Å². The van der Waals surface area contributed by atoms with Crippen molar-refractivity contribution in [3.05, 3.63) is 12.2 Å². The number of carbonyl (C=O) groups excluding carboxylic acids is 1. The first kappa shape index (κ1) is 13.6. The van der Waals surface area contributed by atoms with Crippen LogP contribution in [0.2, 0.25) is 0 Å². The van der Waals surface area contributed by atoms with Gasteiger partial charge in [-0.05, 0) is 11.8 Å². The van der Waals surface area contributed by atoms with E-state index in [1.165, 1.54) is 6.33 Å². The Labute approximate surface area is 101 Å². The Morgan fingerprint density at radius 2 is 2.29 bits per heavy atom. The summed E-state index contributed by atoms with van der Waals surface area (Å²) in [5.41, 5.74) is 5.72. The van der Waals surface area contributed by atoms with Gasteiger partial charge in [0.15, 0.2) is 0 Å². The molecule has 0 aliphatic heterocycles. The van der Waals surface area contributed by atoms with Gasteiger partial charge >= 0.3 is 0 Å². The first-order chi connectivity index (χ1) is 7.92. The van der Waals surface area contributed by atoms with Crippen molar-refractivity contribution in [2.45, 2.75) is 33.7 Å². The Kier molecular flexibility index (Phi) is 4.62. The van der Waals surface area contributed by atoms with Crippen molar-refractivity contribution in [2.24, 2.45) is 17.1 Å². The van der Waals surface area contributed by atoms with Gasteiger partial charge in [0.2, 0.25) is 5.91 Å². The Balaban J connectivity index is 2.44. The molecule has 1 aromatic heterocycles. The van der Waals surface area contributed by atoms with Gasteiger partial charge in [-0.2, -0.15) is 5.10 Å². The van der Waals surface area contributed by atoms with Crippen molar-refractivity contribution in [3.8, 4) is 0 Å². The normalized spacial score (nSPS) is 13.4. The summed E-state index contributed by atoms with van der Waals surface area (Å²) >= 11 is 0. The van der Waals surface area contributed by atoms with E-state index in [0.29, 0.717) is 18.9 Å². The minimum absolute atomic E-state index is 0.0289. The van der Waals surface area contributed by atoms with Gasteiger partial charge in [-0.25, -0.2) is 4.98 Å². The van der Waals surface area contributed by atoms with Crippen molar-refractivity contribution in [3.63, 3.8) is 0 Å². The molecule has 0 aliphatic rings. The van der Waals surface area contributed by atoms with Crippen LogP contribution in [-0.2, 0) is 11.3 Å². The number of nitrogens with two attached hydrogens (primary N) is 1. The fraction of sp³-hybridized carbons (Fsp3) is 0.727. The molecule has 0 aromatic carbocycles. The SMILES string of the molecule is CC(C)(C)CC(CN)C(=O)NCc1ncn[nH]1. The highest BCUT2D eigenvalue weighted by atomic mass is 16.1. The standard InChI is InChI=1S/C11H21N5O/c1-11(2,3)4-8(5-12)10(17)13-6-9-14-7-15-16-9/h7-8H,4-6,12H2,1-3H3,(H,13,17)(H,14,15,16). The van der Waals surface area contributed by atoms with Crippen LogP contribution in [0.15, 0.2) is 6.33 Å². The van der Waals surface area contributed by atoms with Crippen LogP contribution < -0.4 is 11.1 Å². The van der Waals surface area contributed by atoms with E-state index in [1.54, 1.807) is 0 Å². The third-order valence-electron chi connectivity index (χ3n) is 2.41. The molecule has 4 N–H and O–H groups in total. The zero-order chi connectivity index (χ0) is 12.9. The maximum absolute atomic E-state index is 11.9. The second-order valence-electron chi connectivity index (χ2n) is 5.35. The van der Waals surface area contributed by atoms with Crippen molar-refractivity contribution >= 4 is 5.91 Å². The number of amides is 1. The second-order valence-corrected chi connectivity index (χ2v) is 5.35. The third kappa shape index (κ3) is 4.95. The van der Waals surface area contributed by atoms with E-state index in [4.69, 9.17) is 5.73 Å². The number of H-pyrrole nitrogens is 1. The minimum Gasteiger partial charge on any atom is -0.349 e. The van der Waals surface area contributed by atoms with Crippen molar-refractivity contribution < 1.29 is 4.79 Å². The van der Waals surface area contributed by atoms with Crippen molar-refractivity contribution in [1.82, 2.24) is 20.5 Å². The van der Waals surface area contributed by atoms with Crippen molar-refractivity contribution in [1.29, 1.82) is 0 Å². The highest BCUT2D eigenvalue weighted by Gasteiger charge is 2.23. The van der Waals surface area contributed by atoms with E-state index >= 15 is 0 Å². The highest BCUT2D eigenvalue weighted by Crippen LogP contribution is 2.23. The molecule has 17 heavy (non-hydrogen) atoms. The van der Waals surface area contributed by atoms with E-state index in [-0.39, 0.29) is 17.2 Å². The zero-order valence-electron chi connectivity index (χ0n) is 10.7. The molecule has 0 saturated carbocycles. The largest absolute Gasteiger partial charge is 0.349 e. The number of aromatic nitrogens is 3. The van der Waals surface area contributed by atoms with Crippen LogP contribution in [0.5, 0.6) is 0 Å². The maximum Gasteiger partial charge on any atom is 0.224 e. The van der Waals surface area contributed by atoms with Gasteiger partial charge < -0.3 is 11.1 Å². The number of nitrogens with one attached hydrogen (secondary N) is 2. The van der Waals surface area contributed by atoms with Gasteiger partial charge in [-0.15, -0.1) is 0 Å². The molecule has 0 fully saturated rings. The fourth-order valence-corrected chi connectivity index (χ4v) is 1.65. The zero-order valence-corrected chi connectivity index (χ0v) is 10.7. The van der Waals surface area contributed by atoms with Crippen LogP contribution >= 0.6 is 0 Å². The second kappa shape index (κ2) is 5.77. The summed E-state index contributed by atoms with van der Waals surface area (Å²) < 4.78 is 0. The molecule has 96 valence electrons. The topological polar surface area (TPSA) is 96.7 Å². The molecule has 0 saturated heterocycles. The van der Waals surface area contributed by atoms with Crippen LogP contribution in [-0.4, -0.2) is 27.6 Å². The van der Waals surface area contributed by atoms with Crippen LogP contribution in [0.3, 0.4) is 0 Å². The summed E-state index contributed by atoms with van der Waals surface area (Å²) in [5.74, 6) is 0.460. The monoisotopic (exact) mass is 239 g/mol. The summed E-state index contributed by atoms with van der Waals surface area (Å²) in [5, 5.41) is 9.21. The molecule has 0 spiro atoms. The number of nitrogens with zero attached hydrogens (tertiary/aromatic N) is 2. The lowest BCUT2D eigenvalue weighted by atomic mass is 9.84. The van der Waals surface area contributed by atoms with E-state index in [1.807, 2.05) is 0 Å². The summed E-state index contributed by atoms with van der Waals surface area (Å²) in [4.78, 5) is 15.8. The predicted molar refractivity (Wildman–Crippen MR) is 64.8 cm³/mol. The highest BCUT2D eigenvalue weighted by molar-refractivity contribution is 5.78. The smallest absolute Gasteiger partial charge is 0.224 e. The minimum atomic E-state index is -0.155. The average molecular weight is 239 g/mol. The molecule has 1 atom stereocenters. The van der Waals surface area contributed by atoms with Gasteiger partial charge in [-0.3, -0.25) is 9.89 Å². The molecule has 1 rings (SSSR count). The quantitative estimate of drug-likeness (QED) is 0.694. The number of carbonyl (C=O) groups is 1. The molecule has 0 bridgehead atoms. The lowest BCUT2D eigenvalue weighted by Crippen LogP contribution is -2.37. The number of hydrogen-bond donors (Lipinski definition) is 3. The molecule has 6 nitrogen and oxygen atoms in total. The van der Waals surface area contributed by atoms with Crippen molar-refractivity contribution in [2.75, 3.05) is 6.54 Å². The molecule has 1 aromatic rings. The summed E-state index contributed by atoms with van der Waals surface area (Å²) in [6.45, 7) is 7.01. The average Bonchev–Trinajstić information content (AvgIpc) is 2.74. The van der Waals surface area contributed by atoms with Crippen LogP contribution in [0, 0.1) is 11.3 Å². The molecule has 1 heterocycles. The van der Waals surface area contributed by atoms with Crippen LogP contribution in [0.1, 0.15) is 33.0 Å². The van der Waals surface area contributed by atoms with E-state index < -0.39 is 0 Å². The number of rotatable bonds is 5. The Hall–Kier alpha value is -1.43. The molecule has 6 heteroatoms. The van der Waals surface area contributed by atoms with E-state index in [2.05, 4.69) is 41.3 Å². The summed E-state index contributed by atoms with van der Waals surface area (Å²) in [7, 11) is 0. The third-order valence-corrected chi connectivity index (χ3v) is 2.41. The molecule has 0 aliphatic carbocycles. The molecular weight excluding hydrogens is 218 g/mol. The molecular formula is C11H21N5O. The fourth-order valence-electron chi connectivity index (χ4n) is 1.65. The van der Waals surface area contributed by atoms with Gasteiger partial charge in [0.05, 0.1) is 12.5 Å². The Bertz CT molecular complexity index is 341. The molecule has 1 amide bonds. The predicted octanol–water partition coefficient (Wildman–Crippen LogP) is 0.432. The summed E-state index contributed by atoms with van der Waals surface area (Å²) in [6.07, 6.45) is 2.18. The van der Waals surface area contributed by atoms with E-state index in [9.17, 15) is 4.79 Å². The van der Waals surface area contributed by atoms with E-state index in [0.717, 1.165) is 6.42 Å². The van der Waals surface area contributed by atoms with Gasteiger partial charge in [0.1, 0.15) is 12.2 Å². The molecule has 0 radical (unpaired) electrons. The lowest BCUT2D eigenvalue weighted by molar-refractivity contribution is -0.125. The van der Waals surface area contributed by atoms with Crippen LogP contribution in [0.4, 0.5) is 0 Å². The number of hydrogen-bond acceptors (Lipinski definition) is 4.